The van der Waals surface area contributed by atoms with E-state index < -0.39 is 0 Å². The molecule has 18 heavy (non-hydrogen) atoms. The van der Waals surface area contributed by atoms with Crippen molar-refractivity contribution < 1.29 is 4.92 Å². The first-order valence-electron chi connectivity index (χ1n) is 5.91. The highest BCUT2D eigenvalue weighted by Crippen LogP contribution is 2.51. The molecule has 0 fully saturated rings. The lowest BCUT2D eigenvalue weighted by atomic mass is 9.81. The highest BCUT2D eigenvalue weighted by Gasteiger charge is 2.40. The summed E-state index contributed by atoms with van der Waals surface area (Å²) in [5, 5.41) is 11.2. The Morgan fingerprint density at radius 3 is 2.39 bits per heavy atom. The minimum atomic E-state index is -0.310. The van der Waals surface area contributed by atoms with Crippen molar-refractivity contribution in [1.82, 2.24) is 0 Å². The Balaban J connectivity index is 2.42. The van der Waals surface area contributed by atoms with Crippen molar-refractivity contribution in [2.75, 3.05) is 0 Å². The molecule has 2 aromatic carbocycles. The molecule has 0 saturated carbocycles. The molecule has 0 radical (unpaired) electrons. The molecular formula is C15H13NO2. The molecule has 0 heterocycles. The second-order valence-electron chi connectivity index (χ2n) is 5.13. The Morgan fingerprint density at radius 1 is 1.00 bits per heavy atom. The van der Waals surface area contributed by atoms with Crippen LogP contribution in [0.1, 0.15) is 25.0 Å². The maximum Gasteiger partial charge on any atom is 0.274 e. The lowest BCUT2D eigenvalue weighted by Gasteiger charge is -2.20. The van der Waals surface area contributed by atoms with E-state index in [9.17, 15) is 10.1 Å². The highest BCUT2D eigenvalue weighted by atomic mass is 16.6. The lowest BCUT2D eigenvalue weighted by molar-refractivity contribution is -0.385. The third-order valence-electron chi connectivity index (χ3n) is 3.75. The fourth-order valence-corrected chi connectivity index (χ4v) is 2.97. The van der Waals surface area contributed by atoms with Gasteiger partial charge >= 0.3 is 0 Å². The predicted molar refractivity (Wildman–Crippen MR) is 70.7 cm³/mol. The molecule has 2 aromatic rings. The minimum Gasteiger partial charge on any atom is -0.258 e. The number of nitro benzene ring substituents is 1. The molecule has 1 aliphatic carbocycles. The third-order valence-corrected chi connectivity index (χ3v) is 3.75. The molecule has 0 bridgehead atoms. The van der Waals surface area contributed by atoms with E-state index in [1.165, 1.54) is 0 Å². The number of nitrogens with zero attached hydrogens (tertiary/aromatic N) is 1. The number of benzene rings is 2. The first-order valence-corrected chi connectivity index (χ1v) is 5.91. The van der Waals surface area contributed by atoms with Crippen molar-refractivity contribution in [2.45, 2.75) is 19.3 Å². The highest BCUT2D eigenvalue weighted by molar-refractivity contribution is 5.83. The number of fused-ring (bicyclic) bond motifs is 3. The standard InChI is InChI=1S/C15H13NO2/c1-15(2)12-8-4-3-6-10(12)11-7-5-9-13(14(11)15)16(17)18/h3-9H,1-2H3. The van der Waals surface area contributed by atoms with Crippen LogP contribution in [0.15, 0.2) is 42.5 Å². The molecule has 0 aromatic heterocycles. The number of hydrogen-bond donors (Lipinski definition) is 0. The van der Waals surface area contributed by atoms with Gasteiger partial charge in [-0.1, -0.05) is 50.2 Å². The first kappa shape index (κ1) is 11.0. The van der Waals surface area contributed by atoms with Crippen LogP contribution in [0.2, 0.25) is 0 Å². The zero-order valence-corrected chi connectivity index (χ0v) is 10.3. The largest absolute Gasteiger partial charge is 0.274 e. The molecule has 1 aliphatic rings. The van der Waals surface area contributed by atoms with E-state index in [4.69, 9.17) is 0 Å². The van der Waals surface area contributed by atoms with Crippen LogP contribution in [0.25, 0.3) is 11.1 Å². The number of nitro groups is 1. The fourth-order valence-electron chi connectivity index (χ4n) is 2.97. The van der Waals surface area contributed by atoms with Gasteiger partial charge in [-0.3, -0.25) is 10.1 Å². The molecule has 0 spiro atoms. The zero-order chi connectivity index (χ0) is 12.9. The van der Waals surface area contributed by atoms with Crippen LogP contribution in [-0.2, 0) is 5.41 Å². The van der Waals surface area contributed by atoms with Crippen molar-refractivity contribution in [2.24, 2.45) is 0 Å². The van der Waals surface area contributed by atoms with E-state index in [1.54, 1.807) is 12.1 Å². The summed E-state index contributed by atoms with van der Waals surface area (Å²) < 4.78 is 0. The van der Waals surface area contributed by atoms with E-state index in [-0.39, 0.29) is 16.0 Å². The summed E-state index contributed by atoms with van der Waals surface area (Å²) in [5.41, 5.74) is 4.00. The Hall–Kier alpha value is -2.16. The lowest BCUT2D eigenvalue weighted by Crippen LogP contribution is -2.16. The number of hydrogen-bond acceptors (Lipinski definition) is 2. The van der Waals surface area contributed by atoms with Crippen LogP contribution in [0.5, 0.6) is 0 Å². The van der Waals surface area contributed by atoms with Gasteiger partial charge in [0.1, 0.15) is 0 Å². The van der Waals surface area contributed by atoms with Crippen molar-refractivity contribution in [3.05, 3.63) is 63.7 Å². The van der Waals surface area contributed by atoms with Gasteiger partial charge in [0.25, 0.3) is 5.69 Å². The first-order chi connectivity index (χ1) is 8.53. The topological polar surface area (TPSA) is 43.1 Å². The van der Waals surface area contributed by atoms with Crippen LogP contribution >= 0.6 is 0 Å². The Labute approximate surface area is 105 Å². The van der Waals surface area contributed by atoms with E-state index in [0.29, 0.717) is 0 Å². The van der Waals surface area contributed by atoms with Gasteiger partial charge in [0.05, 0.1) is 4.92 Å². The predicted octanol–water partition coefficient (Wildman–Crippen LogP) is 3.90. The van der Waals surface area contributed by atoms with Crippen molar-refractivity contribution in [1.29, 1.82) is 0 Å². The summed E-state index contributed by atoms with van der Waals surface area (Å²) >= 11 is 0. The van der Waals surface area contributed by atoms with Gasteiger partial charge in [0, 0.05) is 17.0 Å². The summed E-state index contributed by atoms with van der Waals surface area (Å²) in [6, 6.07) is 13.4. The summed E-state index contributed by atoms with van der Waals surface area (Å²) in [4.78, 5) is 10.9. The van der Waals surface area contributed by atoms with Crippen LogP contribution in [0, 0.1) is 10.1 Å². The van der Waals surface area contributed by atoms with Gasteiger partial charge in [0.2, 0.25) is 0 Å². The SMILES string of the molecule is CC1(C)c2ccccc2-c2cccc([N+](=O)[O-])c21. The quantitative estimate of drug-likeness (QED) is 0.559. The van der Waals surface area contributed by atoms with Gasteiger partial charge in [-0.25, -0.2) is 0 Å². The minimum absolute atomic E-state index is 0.216. The van der Waals surface area contributed by atoms with E-state index in [1.807, 2.05) is 38.1 Å². The van der Waals surface area contributed by atoms with Crippen LogP contribution in [0.4, 0.5) is 5.69 Å². The molecule has 3 heteroatoms. The molecule has 0 saturated heterocycles. The average molecular weight is 239 g/mol. The van der Waals surface area contributed by atoms with Crippen molar-refractivity contribution in [3.8, 4) is 11.1 Å². The molecule has 90 valence electrons. The van der Waals surface area contributed by atoms with Crippen molar-refractivity contribution in [3.63, 3.8) is 0 Å². The molecule has 0 aliphatic heterocycles. The maximum absolute atomic E-state index is 11.2. The monoisotopic (exact) mass is 239 g/mol. The fraction of sp³-hybridized carbons (Fsp3) is 0.200. The van der Waals surface area contributed by atoms with Gasteiger partial charge in [-0.15, -0.1) is 0 Å². The smallest absolute Gasteiger partial charge is 0.258 e. The van der Waals surface area contributed by atoms with E-state index in [2.05, 4.69) is 6.07 Å². The molecular weight excluding hydrogens is 226 g/mol. The molecule has 3 nitrogen and oxygen atoms in total. The van der Waals surface area contributed by atoms with Gasteiger partial charge < -0.3 is 0 Å². The molecule has 0 N–H and O–H groups in total. The zero-order valence-electron chi connectivity index (χ0n) is 10.3. The summed E-state index contributed by atoms with van der Waals surface area (Å²) in [6.07, 6.45) is 0. The molecule has 0 amide bonds. The maximum atomic E-state index is 11.2. The van der Waals surface area contributed by atoms with Crippen LogP contribution in [0.3, 0.4) is 0 Å². The van der Waals surface area contributed by atoms with E-state index >= 15 is 0 Å². The van der Waals surface area contributed by atoms with Gasteiger partial charge in [-0.05, 0) is 16.7 Å². The summed E-state index contributed by atoms with van der Waals surface area (Å²) in [5.74, 6) is 0. The third kappa shape index (κ3) is 1.24. The van der Waals surface area contributed by atoms with Gasteiger partial charge in [0.15, 0.2) is 0 Å². The van der Waals surface area contributed by atoms with Crippen LogP contribution < -0.4 is 0 Å². The molecule has 3 rings (SSSR count). The molecule has 0 unspecified atom stereocenters. The Bertz CT molecular complexity index is 659. The average Bonchev–Trinajstić information content (AvgIpc) is 2.60. The summed E-state index contributed by atoms with van der Waals surface area (Å²) in [6.45, 7) is 4.09. The van der Waals surface area contributed by atoms with Gasteiger partial charge in [-0.2, -0.15) is 0 Å². The van der Waals surface area contributed by atoms with Crippen LogP contribution in [-0.4, -0.2) is 4.92 Å². The second-order valence-corrected chi connectivity index (χ2v) is 5.13. The molecule has 0 atom stereocenters. The normalized spacial score (nSPS) is 15.0. The van der Waals surface area contributed by atoms with E-state index in [0.717, 1.165) is 22.3 Å². The van der Waals surface area contributed by atoms with Crippen molar-refractivity contribution >= 4 is 5.69 Å². The number of rotatable bonds is 1. The summed E-state index contributed by atoms with van der Waals surface area (Å²) in [7, 11) is 0. The Morgan fingerprint density at radius 2 is 1.67 bits per heavy atom. The Kier molecular flexibility index (Phi) is 2.08. The second kappa shape index (κ2) is 3.42.